The van der Waals surface area contributed by atoms with Gasteiger partial charge in [-0.15, -0.1) is 0 Å². The Morgan fingerprint density at radius 2 is 1.79 bits per heavy atom. The molecule has 1 fully saturated rings. The Hall–Kier alpha value is -1.62. The molecule has 1 atom stereocenters. The molecule has 1 aliphatic rings. The molecule has 0 aliphatic carbocycles. The van der Waals surface area contributed by atoms with E-state index < -0.39 is 30.7 Å². The fourth-order valence-electron chi connectivity index (χ4n) is 2.36. The third-order valence-corrected chi connectivity index (χ3v) is 3.61. The number of nitrogens with zero attached hydrogens (tertiary/aromatic N) is 4. The average Bonchev–Trinajstić information content (AvgIpc) is 2.71. The van der Waals surface area contributed by atoms with E-state index in [1.54, 1.807) is 0 Å². The van der Waals surface area contributed by atoms with Gasteiger partial charge in [0.25, 0.3) is 0 Å². The fraction of sp³-hybridized carbons (Fsp3) is 0.692. The summed E-state index contributed by atoms with van der Waals surface area (Å²) in [6.45, 7) is 0.377. The zero-order valence-electron chi connectivity index (χ0n) is 12.5. The number of β-amino-alcohol motifs (C(OH)–C–C–N with tert-alkyl or cyclic N) is 1. The van der Waals surface area contributed by atoms with Gasteiger partial charge in [-0.25, -0.2) is 9.97 Å². The molecular formula is C13H16F6N4O. The Kier molecular flexibility index (Phi) is 5.53. The van der Waals surface area contributed by atoms with Crippen LogP contribution < -0.4 is 4.90 Å². The van der Waals surface area contributed by atoms with E-state index in [4.69, 9.17) is 5.11 Å². The molecule has 1 saturated heterocycles. The standard InChI is InChI=1S/C13H16F6N4O/c14-12(15,16)9-2-3-20-11(21-9)23-5-1-4-22(6-7-23)8-10(24)13(17,18)19/h2-3,10,24H,1,4-8H2. The van der Waals surface area contributed by atoms with E-state index in [2.05, 4.69) is 9.97 Å². The summed E-state index contributed by atoms with van der Waals surface area (Å²) in [5, 5.41) is 9.11. The van der Waals surface area contributed by atoms with Crippen LogP contribution in [0.25, 0.3) is 0 Å². The van der Waals surface area contributed by atoms with Crippen molar-refractivity contribution in [2.24, 2.45) is 0 Å². The average molecular weight is 358 g/mol. The Bertz CT molecular complexity index is 550. The SMILES string of the molecule is OC(CN1CCCN(c2nccc(C(F)(F)F)n2)CC1)C(F)(F)F. The number of anilines is 1. The first-order chi connectivity index (χ1) is 11.1. The molecule has 1 aromatic heterocycles. The molecule has 0 radical (unpaired) electrons. The summed E-state index contributed by atoms with van der Waals surface area (Å²) >= 11 is 0. The van der Waals surface area contributed by atoms with Crippen LogP contribution in [-0.4, -0.2) is 65.0 Å². The number of aliphatic hydroxyl groups is 1. The molecule has 2 rings (SSSR count). The van der Waals surface area contributed by atoms with Crippen LogP contribution in [-0.2, 0) is 6.18 Å². The maximum absolute atomic E-state index is 12.7. The van der Waals surface area contributed by atoms with E-state index in [0.717, 1.165) is 12.3 Å². The maximum Gasteiger partial charge on any atom is 0.433 e. The van der Waals surface area contributed by atoms with Gasteiger partial charge in [0.1, 0.15) is 5.69 Å². The van der Waals surface area contributed by atoms with Gasteiger partial charge in [0.15, 0.2) is 6.10 Å². The van der Waals surface area contributed by atoms with Gasteiger partial charge < -0.3 is 10.0 Å². The van der Waals surface area contributed by atoms with Crippen molar-refractivity contribution in [2.75, 3.05) is 37.6 Å². The van der Waals surface area contributed by atoms with Crippen LogP contribution in [0.5, 0.6) is 0 Å². The minimum Gasteiger partial charge on any atom is -0.382 e. The summed E-state index contributed by atoms with van der Waals surface area (Å²) in [7, 11) is 0. The van der Waals surface area contributed by atoms with Crippen molar-refractivity contribution >= 4 is 5.95 Å². The number of hydrogen-bond acceptors (Lipinski definition) is 5. The molecule has 1 aliphatic heterocycles. The van der Waals surface area contributed by atoms with Gasteiger partial charge in [0.05, 0.1) is 0 Å². The third kappa shape index (κ3) is 4.94. The smallest absolute Gasteiger partial charge is 0.382 e. The summed E-state index contributed by atoms with van der Waals surface area (Å²) in [5.74, 6) is -0.108. The molecule has 0 aromatic carbocycles. The first kappa shape index (κ1) is 18.7. The maximum atomic E-state index is 12.7. The highest BCUT2D eigenvalue weighted by Gasteiger charge is 2.39. The van der Waals surface area contributed by atoms with E-state index in [1.807, 2.05) is 0 Å². The number of aromatic nitrogens is 2. The number of aliphatic hydroxyl groups excluding tert-OH is 1. The molecule has 0 spiro atoms. The highest BCUT2D eigenvalue weighted by molar-refractivity contribution is 5.31. The van der Waals surface area contributed by atoms with Crippen LogP contribution >= 0.6 is 0 Å². The van der Waals surface area contributed by atoms with Gasteiger partial charge in [-0.1, -0.05) is 0 Å². The Morgan fingerprint density at radius 3 is 2.42 bits per heavy atom. The van der Waals surface area contributed by atoms with Crippen LogP contribution in [0.2, 0.25) is 0 Å². The zero-order valence-corrected chi connectivity index (χ0v) is 12.5. The van der Waals surface area contributed by atoms with Crippen LogP contribution in [0, 0.1) is 0 Å². The number of alkyl halides is 6. The second-order valence-electron chi connectivity index (χ2n) is 5.44. The molecule has 11 heteroatoms. The number of halogens is 6. The van der Waals surface area contributed by atoms with Crippen molar-refractivity contribution in [2.45, 2.75) is 24.9 Å². The van der Waals surface area contributed by atoms with E-state index in [0.29, 0.717) is 19.5 Å². The van der Waals surface area contributed by atoms with Crippen molar-refractivity contribution in [1.29, 1.82) is 0 Å². The minimum absolute atomic E-state index is 0.108. The van der Waals surface area contributed by atoms with Gasteiger partial charge in [-0.3, -0.25) is 4.90 Å². The predicted molar refractivity (Wildman–Crippen MR) is 72.4 cm³/mol. The second-order valence-corrected chi connectivity index (χ2v) is 5.44. The van der Waals surface area contributed by atoms with Crippen LogP contribution in [0.15, 0.2) is 12.3 Å². The summed E-state index contributed by atoms with van der Waals surface area (Å²) in [5.41, 5.74) is -1.07. The highest BCUT2D eigenvalue weighted by atomic mass is 19.4. The fourth-order valence-corrected chi connectivity index (χ4v) is 2.36. The second kappa shape index (κ2) is 7.09. The molecule has 136 valence electrons. The zero-order chi connectivity index (χ0) is 18.0. The van der Waals surface area contributed by atoms with Crippen molar-refractivity contribution in [1.82, 2.24) is 14.9 Å². The van der Waals surface area contributed by atoms with Crippen molar-refractivity contribution in [3.8, 4) is 0 Å². The normalized spacial score (nSPS) is 19.2. The first-order valence-electron chi connectivity index (χ1n) is 7.19. The Balaban J connectivity index is 2.01. The molecular weight excluding hydrogens is 342 g/mol. The van der Waals surface area contributed by atoms with Gasteiger partial charge in [0.2, 0.25) is 5.95 Å². The van der Waals surface area contributed by atoms with Crippen LogP contribution in [0.3, 0.4) is 0 Å². The largest absolute Gasteiger partial charge is 0.433 e. The van der Waals surface area contributed by atoms with Crippen molar-refractivity contribution in [3.63, 3.8) is 0 Å². The lowest BCUT2D eigenvalue weighted by Gasteiger charge is -2.25. The quantitative estimate of drug-likeness (QED) is 0.837. The van der Waals surface area contributed by atoms with Crippen molar-refractivity contribution in [3.05, 3.63) is 18.0 Å². The molecule has 1 N–H and O–H groups in total. The molecule has 0 saturated carbocycles. The number of hydrogen-bond donors (Lipinski definition) is 1. The molecule has 5 nitrogen and oxygen atoms in total. The van der Waals surface area contributed by atoms with Gasteiger partial charge in [-0.05, 0) is 12.5 Å². The van der Waals surface area contributed by atoms with Gasteiger partial charge in [-0.2, -0.15) is 26.3 Å². The van der Waals surface area contributed by atoms with E-state index >= 15 is 0 Å². The number of rotatable bonds is 3. The summed E-state index contributed by atoms with van der Waals surface area (Å²) < 4.78 is 75.2. The van der Waals surface area contributed by atoms with E-state index in [9.17, 15) is 26.3 Å². The first-order valence-corrected chi connectivity index (χ1v) is 7.19. The van der Waals surface area contributed by atoms with Crippen LogP contribution in [0.1, 0.15) is 12.1 Å². The van der Waals surface area contributed by atoms with E-state index in [-0.39, 0.29) is 19.0 Å². The monoisotopic (exact) mass is 358 g/mol. The van der Waals surface area contributed by atoms with Crippen LogP contribution in [0.4, 0.5) is 32.3 Å². The molecule has 0 amide bonds. The summed E-state index contributed by atoms with van der Waals surface area (Å²) in [4.78, 5) is 10.2. The highest BCUT2D eigenvalue weighted by Crippen LogP contribution is 2.28. The predicted octanol–water partition coefficient (Wildman–Crippen LogP) is 1.93. The summed E-state index contributed by atoms with van der Waals surface area (Å²) in [6.07, 6.45) is -10.3. The minimum atomic E-state index is -4.70. The molecule has 0 bridgehead atoms. The Labute approximate surface area is 133 Å². The topological polar surface area (TPSA) is 52.5 Å². The third-order valence-electron chi connectivity index (χ3n) is 3.61. The van der Waals surface area contributed by atoms with Crippen molar-refractivity contribution < 1.29 is 31.4 Å². The van der Waals surface area contributed by atoms with Gasteiger partial charge in [0, 0.05) is 38.9 Å². The van der Waals surface area contributed by atoms with Gasteiger partial charge >= 0.3 is 12.4 Å². The lowest BCUT2D eigenvalue weighted by molar-refractivity contribution is -0.208. The molecule has 1 unspecified atom stereocenters. The lowest BCUT2D eigenvalue weighted by atomic mass is 10.3. The molecule has 1 aromatic rings. The molecule has 24 heavy (non-hydrogen) atoms. The molecule has 2 heterocycles. The Morgan fingerprint density at radius 1 is 1.08 bits per heavy atom. The summed E-state index contributed by atoms with van der Waals surface area (Å²) in [6, 6.07) is 0.757. The van der Waals surface area contributed by atoms with E-state index in [1.165, 1.54) is 9.80 Å². The lowest BCUT2D eigenvalue weighted by Crippen LogP contribution is -2.42.